The van der Waals surface area contributed by atoms with E-state index in [-0.39, 0.29) is 41.9 Å². The number of rotatable bonds is 8. The lowest BCUT2D eigenvalue weighted by Crippen LogP contribution is -2.47. The van der Waals surface area contributed by atoms with Gasteiger partial charge in [0.25, 0.3) is 0 Å². The molecule has 182 valence electrons. The van der Waals surface area contributed by atoms with Crippen LogP contribution in [0.1, 0.15) is 50.6 Å². The largest absolute Gasteiger partial charge is 0.376 e. The first-order valence-corrected chi connectivity index (χ1v) is 11.7. The lowest BCUT2D eigenvalue weighted by Gasteiger charge is -2.35. The molecule has 1 N–H and O–H groups in total. The van der Waals surface area contributed by atoms with Crippen LogP contribution in [0.25, 0.3) is 0 Å². The van der Waals surface area contributed by atoms with Gasteiger partial charge in [-0.15, -0.1) is 24.0 Å². The van der Waals surface area contributed by atoms with Crippen molar-refractivity contribution in [3.63, 3.8) is 0 Å². The van der Waals surface area contributed by atoms with Crippen molar-refractivity contribution >= 4 is 29.9 Å². The molecular weight excluding hydrogens is 522 g/mol. The highest BCUT2D eigenvalue weighted by Crippen LogP contribution is 2.21. The minimum absolute atomic E-state index is 0. The zero-order chi connectivity index (χ0) is 22.1. The van der Waals surface area contributed by atoms with Crippen LogP contribution < -0.4 is 5.32 Å². The minimum atomic E-state index is -0.207. The van der Waals surface area contributed by atoms with Crippen molar-refractivity contribution in [1.29, 1.82) is 0 Å². The molecule has 3 rings (SSSR count). The molecule has 2 atom stereocenters. The third kappa shape index (κ3) is 8.43. The lowest BCUT2D eigenvalue weighted by atomic mass is 10.1. The Labute approximate surface area is 209 Å². The van der Waals surface area contributed by atoms with Gasteiger partial charge in [0.2, 0.25) is 0 Å². The van der Waals surface area contributed by atoms with Gasteiger partial charge in [-0.2, -0.15) is 0 Å². The molecule has 0 bridgehead atoms. The number of hydrogen-bond acceptors (Lipinski definition) is 4. The Morgan fingerprint density at radius 1 is 1.28 bits per heavy atom. The van der Waals surface area contributed by atoms with Crippen LogP contribution in [0.5, 0.6) is 0 Å². The van der Waals surface area contributed by atoms with E-state index in [1.54, 1.807) is 12.1 Å². The van der Waals surface area contributed by atoms with Gasteiger partial charge in [0, 0.05) is 26.2 Å². The number of ether oxygens (including phenoxy) is 2. The summed E-state index contributed by atoms with van der Waals surface area (Å²) in [5, 5.41) is 3.43. The number of guanidine groups is 1. The molecular formula is C24H40FIN4O2. The van der Waals surface area contributed by atoms with Crippen molar-refractivity contribution in [3.05, 3.63) is 35.6 Å². The van der Waals surface area contributed by atoms with Gasteiger partial charge in [0.05, 0.1) is 31.4 Å². The van der Waals surface area contributed by atoms with E-state index in [1.807, 2.05) is 20.2 Å². The summed E-state index contributed by atoms with van der Waals surface area (Å²) < 4.78 is 25.7. The van der Waals surface area contributed by atoms with E-state index >= 15 is 0 Å². The molecule has 6 nitrogen and oxygen atoms in total. The predicted molar refractivity (Wildman–Crippen MR) is 138 cm³/mol. The van der Waals surface area contributed by atoms with Crippen LogP contribution in [0.4, 0.5) is 4.39 Å². The third-order valence-electron chi connectivity index (χ3n) is 6.14. The SMILES string of the molecule is CCNC(=NCC(c1cccc(F)c1)N(C)C)N1CCC(OCC2CCCCO2)CC1.I. The van der Waals surface area contributed by atoms with Gasteiger partial charge in [-0.1, -0.05) is 12.1 Å². The Hall–Kier alpha value is -0.970. The monoisotopic (exact) mass is 562 g/mol. The van der Waals surface area contributed by atoms with E-state index in [0.29, 0.717) is 12.6 Å². The second-order valence-corrected chi connectivity index (χ2v) is 8.74. The van der Waals surface area contributed by atoms with Gasteiger partial charge in [-0.25, -0.2) is 4.39 Å². The van der Waals surface area contributed by atoms with E-state index in [9.17, 15) is 4.39 Å². The van der Waals surface area contributed by atoms with Gasteiger partial charge in [-0.3, -0.25) is 4.99 Å². The zero-order valence-electron chi connectivity index (χ0n) is 19.8. The van der Waals surface area contributed by atoms with Crippen LogP contribution in [-0.4, -0.2) is 81.5 Å². The Morgan fingerprint density at radius 2 is 2.06 bits per heavy atom. The van der Waals surface area contributed by atoms with Gasteiger partial charge >= 0.3 is 0 Å². The summed E-state index contributed by atoms with van der Waals surface area (Å²) in [6.07, 6.45) is 6.11. The summed E-state index contributed by atoms with van der Waals surface area (Å²) >= 11 is 0. The molecule has 0 spiro atoms. The van der Waals surface area contributed by atoms with Crippen molar-refractivity contribution < 1.29 is 13.9 Å². The Kier molecular flexibility index (Phi) is 12.2. The highest BCUT2D eigenvalue weighted by Gasteiger charge is 2.24. The first kappa shape index (κ1) is 27.3. The summed E-state index contributed by atoms with van der Waals surface area (Å²) in [5.41, 5.74) is 0.946. The number of piperidine rings is 1. The smallest absolute Gasteiger partial charge is 0.193 e. The van der Waals surface area contributed by atoms with Crippen LogP contribution >= 0.6 is 24.0 Å². The first-order valence-electron chi connectivity index (χ1n) is 11.7. The second-order valence-electron chi connectivity index (χ2n) is 8.74. The van der Waals surface area contributed by atoms with Crippen LogP contribution in [-0.2, 0) is 9.47 Å². The molecule has 2 heterocycles. The average Bonchev–Trinajstić information content (AvgIpc) is 2.78. The predicted octanol–water partition coefficient (Wildman–Crippen LogP) is 4.06. The summed E-state index contributed by atoms with van der Waals surface area (Å²) in [5.74, 6) is 0.723. The van der Waals surface area contributed by atoms with E-state index in [4.69, 9.17) is 14.5 Å². The number of hydrogen-bond donors (Lipinski definition) is 1. The van der Waals surface area contributed by atoms with Crippen LogP contribution in [0.2, 0.25) is 0 Å². The van der Waals surface area contributed by atoms with Crippen LogP contribution in [0.15, 0.2) is 29.3 Å². The highest BCUT2D eigenvalue weighted by molar-refractivity contribution is 14.0. The molecule has 0 amide bonds. The lowest BCUT2D eigenvalue weighted by molar-refractivity contribution is -0.0721. The van der Waals surface area contributed by atoms with Crippen molar-refractivity contribution in [2.75, 3.05) is 53.5 Å². The first-order chi connectivity index (χ1) is 15.1. The molecule has 0 radical (unpaired) electrons. The van der Waals surface area contributed by atoms with Crippen LogP contribution in [0, 0.1) is 5.82 Å². The van der Waals surface area contributed by atoms with Gasteiger partial charge in [0.1, 0.15) is 5.82 Å². The maximum Gasteiger partial charge on any atom is 0.193 e. The normalized spacial score (nSPS) is 21.3. The molecule has 1 aromatic rings. The Balaban J connectivity index is 0.00000363. The Morgan fingerprint density at radius 3 is 2.69 bits per heavy atom. The molecule has 2 aliphatic rings. The molecule has 32 heavy (non-hydrogen) atoms. The third-order valence-corrected chi connectivity index (χ3v) is 6.14. The quantitative estimate of drug-likeness (QED) is 0.294. The molecule has 0 saturated carbocycles. The summed E-state index contributed by atoms with van der Waals surface area (Å²) in [7, 11) is 4.02. The highest BCUT2D eigenvalue weighted by atomic mass is 127. The minimum Gasteiger partial charge on any atom is -0.376 e. The number of halogens is 2. The van der Waals surface area contributed by atoms with Gasteiger partial charge in [0.15, 0.2) is 5.96 Å². The van der Waals surface area contributed by atoms with Crippen molar-refractivity contribution in [2.45, 2.75) is 57.3 Å². The second kappa shape index (κ2) is 14.3. The zero-order valence-corrected chi connectivity index (χ0v) is 22.1. The van der Waals surface area contributed by atoms with E-state index < -0.39 is 0 Å². The van der Waals surface area contributed by atoms with Crippen molar-refractivity contribution in [3.8, 4) is 0 Å². The average molecular weight is 563 g/mol. The summed E-state index contributed by atoms with van der Waals surface area (Å²) in [6.45, 7) is 6.93. The topological polar surface area (TPSA) is 49.3 Å². The molecule has 2 saturated heterocycles. The molecule has 0 aliphatic carbocycles. The molecule has 0 aromatic heterocycles. The van der Waals surface area contributed by atoms with E-state index in [1.165, 1.54) is 18.9 Å². The van der Waals surface area contributed by atoms with E-state index in [0.717, 1.165) is 63.6 Å². The summed E-state index contributed by atoms with van der Waals surface area (Å²) in [6, 6.07) is 6.84. The van der Waals surface area contributed by atoms with Crippen LogP contribution in [0.3, 0.4) is 0 Å². The number of aliphatic imine (C=N–C) groups is 1. The number of nitrogens with one attached hydrogen (secondary N) is 1. The fraction of sp³-hybridized carbons (Fsp3) is 0.708. The molecule has 2 fully saturated rings. The van der Waals surface area contributed by atoms with Crippen molar-refractivity contribution in [1.82, 2.24) is 15.1 Å². The van der Waals surface area contributed by atoms with Crippen molar-refractivity contribution in [2.24, 2.45) is 4.99 Å². The maximum atomic E-state index is 13.7. The summed E-state index contributed by atoms with van der Waals surface area (Å²) in [4.78, 5) is 9.33. The number of benzene rings is 1. The number of likely N-dealkylation sites (tertiary alicyclic amines) is 1. The standard InChI is InChI=1S/C24H39FN4O2.HI/c1-4-26-24(27-17-23(28(2)3)19-8-7-9-20(25)16-19)29-13-11-21(12-14-29)31-18-22-10-5-6-15-30-22;/h7-9,16,21-23H,4-6,10-15,17-18H2,1-3H3,(H,26,27);1H. The molecule has 2 aliphatic heterocycles. The van der Waals surface area contributed by atoms with E-state index in [2.05, 4.69) is 22.0 Å². The molecule has 1 aromatic carbocycles. The molecule has 2 unspecified atom stereocenters. The maximum absolute atomic E-state index is 13.7. The number of likely N-dealkylation sites (N-methyl/N-ethyl adjacent to an activating group) is 1. The fourth-order valence-corrected chi connectivity index (χ4v) is 4.30. The number of nitrogens with zero attached hydrogens (tertiary/aromatic N) is 3. The Bertz CT molecular complexity index is 692. The molecule has 8 heteroatoms. The van der Waals surface area contributed by atoms with Gasteiger partial charge in [-0.05, 0) is 70.8 Å². The fourth-order valence-electron chi connectivity index (χ4n) is 4.30. The van der Waals surface area contributed by atoms with Gasteiger partial charge < -0.3 is 24.6 Å².